The largest absolute Gasteiger partial charge is 0.368 e. The van der Waals surface area contributed by atoms with Crippen molar-refractivity contribution in [1.29, 1.82) is 5.26 Å². The third kappa shape index (κ3) is 1.99. The Morgan fingerprint density at radius 2 is 2.54 bits per heavy atom. The molecule has 0 aliphatic carbocycles. The predicted molar refractivity (Wildman–Crippen MR) is 46.8 cm³/mol. The molecule has 0 bridgehead atoms. The number of nitriles is 1. The van der Waals surface area contributed by atoms with Crippen molar-refractivity contribution in [2.75, 3.05) is 13.2 Å². The van der Waals surface area contributed by atoms with Crippen molar-refractivity contribution >= 4 is 5.91 Å². The van der Waals surface area contributed by atoms with Crippen molar-refractivity contribution in [2.24, 2.45) is 0 Å². The van der Waals surface area contributed by atoms with Gasteiger partial charge < -0.3 is 9.64 Å². The first-order chi connectivity index (χ1) is 6.20. The molecule has 1 fully saturated rings. The van der Waals surface area contributed by atoms with Crippen molar-refractivity contribution in [3.63, 3.8) is 0 Å². The lowest BCUT2D eigenvalue weighted by molar-refractivity contribution is -0.148. The van der Waals surface area contributed by atoms with Gasteiger partial charge in [0.25, 0.3) is 0 Å². The Balaban J connectivity index is 2.74. The highest BCUT2D eigenvalue weighted by atomic mass is 16.5. The molecule has 4 heteroatoms. The number of carbonyl (C=O) groups excluding carboxylic acids is 1. The average molecular weight is 182 g/mol. The number of hydrogen-bond acceptors (Lipinski definition) is 3. The van der Waals surface area contributed by atoms with E-state index in [0.717, 1.165) is 6.42 Å². The van der Waals surface area contributed by atoms with E-state index in [0.29, 0.717) is 6.61 Å². The molecule has 4 nitrogen and oxygen atoms in total. The highest BCUT2D eigenvalue weighted by Crippen LogP contribution is 2.13. The van der Waals surface area contributed by atoms with Crippen LogP contribution in [0.25, 0.3) is 0 Å². The summed E-state index contributed by atoms with van der Waals surface area (Å²) in [6, 6.07) is 1.80. The van der Waals surface area contributed by atoms with Gasteiger partial charge in [-0.15, -0.1) is 0 Å². The molecule has 0 spiro atoms. The summed E-state index contributed by atoms with van der Waals surface area (Å²) in [6.45, 7) is 4.41. The number of carbonyl (C=O) groups is 1. The van der Waals surface area contributed by atoms with E-state index in [9.17, 15) is 4.79 Å². The molecule has 0 aromatic rings. The minimum atomic E-state index is -0.406. The second-order valence-corrected chi connectivity index (χ2v) is 3.22. The third-order valence-corrected chi connectivity index (χ3v) is 2.34. The van der Waals surface area contributed by atoms with Crippen molar-refractivity contribution in [1.82, 2.24) is 4.90 Å². The van der Waals surface area contributed by atoms with Crippen LogP contribution in [0.1, 0.15) is 20.3 Å². The Kier molecular flexibility index (Phi) is 3.26. The van der Waals surface area contributed by atoms with Gasteiger partial charge in [0.05, 0.1) is 12.7 Å². The Morgan fingerprint density at radius 1 is 1.85 bits per heavy atom. The van der Waals surface area contributed by atoms with Crippen LogP contribution in [-0.2, 0) is 9.53 Å². The second-order valence-electron chi connectivity index (χ2n) is 3.22. The lowest BCUT2D eigenvalue weighted by Gasteiger charge is -2.35. The highest BCUT2D eigenvalue weighted by molar-refractivity contribution is 5.79. The van der Waals surface area contributed by atoms with Crippen LogP contribution in [0.4, 0.5) is 0 Å². The number of nitrogens with zero attached hydrogens (tertiary/aromatic N) is 2. The van der Waals surface area contributed by atoms with Gasteiger partial charge >= 0.3 is 0 Å². The minimum Gasteiger partial charge on any atom is -0.368 e. The average Bonchev–Trinajstić information content (AvgIpc) is 2.16. The van der Waals surface area contributed by atoms with Crippen molar-refractivity contribution in [3.05, 3.63) is 0 Å². The monoisotopic (exact) mass is 182 g/mol. The number of ether oxygens (including phenoxy) is 1. The van der Waals surface area contributed by atoms with Crippen LogP contribution in [0.2, 0.25) is 0 Å². The molecule has 1 amide bonds. The maximum Gasteiger partial charge on any atom is 0.249 e. The van der Waals surface area contributed by atoms with Gasteiger partial charge in [0, 0.05) is 6.04 Å². The predicted octanol–water partition coefficient (Wildman–Crippen LogP) is 0.536. The molecule has 0 N–H and O–H groups in total. The maximum atomic E-state index is 11.4. The molecule has 1 heterocycles. The molecule has 1 aliphatic rings. The molecule has 0 aromatic heterocycles. The maximum absolute atomic E-state index is 11.4. The first-order valence-corrected chi connectivity index (χ1v) is 4.49. The Bertz CT molecular complexity index is 234. The topological polar surface area (TPSA) is 53.3 Å². The van der Waals surface area contributed by atoms with Crippen LogP contribution in [0.5, 0.6) is 0 Å². The molecule has 2 atom stereocenters. The lowest BCUT2D eigenvalue weighted by atomic mass is 10.1. The van der Waals surface area contributed by atoms with Gasteiger partial charge in [-0.1, -0.05) is 6.92 Å². The summed E-state index contributed by atoms with van der Waals surface area (Å²) in [6.07, 6.45) is 0.865. The van der Waals surface area contributed by atoms with E-state index in [1.807, 2.05) is 13.8 Å². The van der Waals surface area contributed by atoms with Crippen molar-refractivity contribution in [3.8, 4) is 6.07 Å². The summed E-state index contributed by atoms with van der Waals surface area (Å²) in [7, 11) is 0. The van der Waals surface area contributed by atoms with E-state index in [1.165, 1.54) is 0 Å². The van der Waals surface area contributed by atoms with Gasteiger partial charge in [0.2, 0.25) is 5.91 Å². The summed E-state index contributed by atoms with van der Waals surface area (Å²) < 4.78 is 5.00. The van der Waals surface area contributed by atoms with E-state index >= 15 is 0 Å². The fourth-order valence-electron chi connectivity index (χ4n) is 1.44. The lowest BCUT2D eigenvalue weighted by Crippen LogP contribution is -2.52. The van der Waals surface area contributed by atoms with E-state index in [1.54, 1.807) is 4.90 Å². The van der Waals surface area contributed by atoms with Gasteiger partial charge in [-0.3, -0.25) is 4.79 Å². The molecular weight excluding hydrogens is 168 g/mol. The number of rotatable bonds is 2. The summed E-state index contributed by atoms with van der Waals surface area (Å²) in [5, 5.41) is 8.80. The normalized spacial score (nSPS) is 25.5. The van der Waals surface area contributed by atoms with Crippen molar-refractivity contribution in [2.45, 2.75) is 32.4 Å². The third-order valence-electron chi connectivity index (χ3n) is 2.34. The number of morpholine rings is 1. The van der Waals surface area contributed by atoms with Crippen LogP contribution < -0.4 is 0 Å². The molecule has 0 aromatic carbocycles. The smallest absolute Gasteiger partial charge is 0.249 e. The van der Waals surface area contributed by atoms with Crippen LogP contribution in [0, 0.1) is 11.3 Å². The van der Waals surface area contributed by atoms with E-state index in [-0.39, 0.29) is 18.6 Å². The Morgan fingerprint density at radius 3 is 3.08 bits per heavy atom. The molecule has 0 saturated carbocycles. The van der Waals surface area contributed by atoms with Gasteiger partial charge in [-0.05, 0) is 13.3 Å². The number of amides is 1. The molecule has 13 heavy (non-hydrogen) atoms. The Hall–Kier alpha value is -1.08. The molecule has 1 saturated heterocycles. The zero-order chi connectivity index (χ0) is 9.84. The zero-order valence-corrected chi connectivity index (χ0v) is 7.99. The van der Waals surface area contributed by atoms with Crippen LogP contribution in [-0.4, -0.2) is 36.1 Å². The van der Waals surface area contributed by atoms with Gasteiger partial charge in [-0.25, -0.2) is 0 Å². The van der Waals surface area contributed by atoms with Gasteiger partial charge in [0.1, 0.15) is 12.6 Å². The molecule has 0 radical (unpaired) electrons. The molecule has 1 aliphatic heterocycles. The molecular formula is C9H14N2O2. The quantitative estimate of drug-likeness (QED) is 0.626. The summed E-state index contributed by atoms with van der Waals surface area (Å²) in [5.41, 5.74) is 0. The van der Waals surface area contributed by atoms with Crippen LogP contribution in [0.3, 0.4) is 0 Å². The first kappa shape index (κ1) is 10.0. The van der Waals surface area contributed by atoms with Gasteiger partial charge in [-0.2, -0.15) is 5.26 Å². The minimum absolute atomic E-state index is 0.0767. The summed E-state index contributed by atoms with van der Waals surface area (Å²) in [4.78, 5) is 13.0. The molecule has 1 rings (SSSR count). The van der Waals surface area contributed by atoms with Crippen molar-refractivity contribution < 1.29 is 9.53 Å². The first-order valence-electron chi connectivity index (χ1n) is 4.49. The summed E-state index contributed by atoms with van der Waals surface area (Å²) in [5.74, 6) is -0.0767. The zero-order valence-electron chi connectivity index (χ0n) is 7.99. The van der Waals surface area contributed by atoms with Crippen LogP contribution in [0.15, 0.2) is 0 Å². The van der Waals surface area contributed by atoms with E-state index in [2.05, 4.69) is 6.07 Å². The van der Waals surface area contributed by atoms with E-state index < -0.39 is 6.04 Å². The molecule has 72 valence electrons. The SMILES string of the molecule is CCC(C)N1C(=O)COCC1C#N. The second kappa shape index (κ2) is 4.24. The fraction of sp³-hybridized carbons (Fsp3) is 0.778. The standard InChI is InChI=1S/C9H14N2O2/c1-3-7(2)11-8(4-10)5-13-6-9(11)12/h7-8H,3,5-6H2,1-2H3. The highest BCUT2D eigenvalue weighted by Gasteiger charge is 2.31. The number of hydrogen-bond donors (Lipinski definition) is 0. The fourth-order valence-corrected chi connectivity index (χ4v) is 1.44. The molecule has 2 unspecified atom stereocenters. The van der Waals surface area contributed by atoms with Crippen LogP contribution >= 0.6 is 0 Å². The van der Waals surface area contributed by atoms with E-state index in [4.69, 9.17) is 10.00 Å². The summed E-state index contributed by atoms with van der Waals surface area (Å²) >= 11 is 0. The van der Waals surface area contributed by atoms with Gasteiger partial charge in [0.15, 0.2) is 0 Å². The Labute approximate surface area is 78.1 Å².